The van der Waals surface area contributed by atoms with Crippen LogP contribution in [0, 0.1) is 0 Å². The number of aryl methyl sites for hydroxylation is 1. The van der Waals surface area contributed by atoms with Crippen molar-refractivity contribution in [3.8, 4) is 0 Å². The summed E-state index contributed by atoms with van der Waals surface area (Å²) in [5, 5.41) is 3.51. The summed E-state index contributed by atoms with van der Waals surface area (Å²) in [7, 11) is 4.12. The smallest absolute Gasteiger partial charge is 0.122 e. The maximum absolute atomic E-state index is 4.56. The second-order valence-electron chi connectivity index (χ2n) is 5.94. The first kappa shape index (κ1) is 14.2. The Morgan fingerprint density at radius 2 is 2.14 bits per heavy atom. The number of aromatic nitrogens is 3. The lowest BCUT2D eigenvalue weighted by Crippen LogP contribution is -2.20. The number of hydrogen-bond donors (Lipinski definition) is 1. The molecule has 0 aromatic carbocycles. The lowest BCUT2D eigenvalue weighted by molar-refractivity contribution is 0.303. The van der Waals surface area contributed by atoms with Gasteiger partial charge in [0.15, 0.2) is 0 Å². The van der Waals surface area contributed by atoms with Gasteiger partial charge in [0, 0.05) is 44.8 Å². The molecule has 0 atom stereocenters. The molecule has 0 amide bonds. The summed E-state index contributed by atoms with van der Waals surface area (Å²) in [4.78, 5) is 11.1. The Balaban J connectivity index is 1.50. The largest absolute Gasteiger partial charge is 0.337 e. The van der Waals surface area contributed by atoms with Gasteiger partial charge in [0.2, 0.25) is 0 Å². The van der Waals surface area contributed by atoms with Gasteiger partial charge in [-0.15, -0.1) is 0 Å². The molecule has 0 bridgehead atoms. The third kappa shape index (κ3) is 4.12. The maximum atomic E-state index is 4.56. The average molecular weight is 285 g/mol. The van der Waals surface area contributed by atoms with Gasteiger partial charge in [0.05, 0.1) is 12.2 Å². The van der Waals surface area contributed by atoms with E-state index >= 15 is 0 Å². The summed E-state index contributed by atoms with van der Waals surface area (Å²) in [6, 6.07) is 5.04. The van der Waals surface area contributed by atoms with Crippen molar-refractivity contribution in [2.45, 2.75) is 38.5 Å². The van der Waals surface area contributed by atoms with Crippen molar-refractivity contribution in [1.82, 2.24) is 24.8 Å². The lowest BCUT2D eigenvalue weighted by Gasteiger charge is -2.16. The summed E-state index contributed by atoms with van der Waals surface area (Å²) >= 11 is 0. The van der Waals surface area contributed by atoms with E-state index in [4.69, 9.17) is 0 Å². The molecule has 1 saturated carbocycles. The van der Waals surface area contributed by atoms with Gasteiger partial charge in [0.1, 0.15) is 5.82 Å². The first-order chi connectivity index (χ1) is 10.2. The van der Waals surface area contributed by atoms with Crippen LogP contribution in [0.15, 0.2) is 30.7 Å². The summed E-state index contributed by atoms with van der Waals surface area (Å²) < 4.78 is 2.05. The van der Waals surface area contributed by atoms with Crippen LogP contribution in [0.5, 0.6) is 0 Å². The fraction of sp³-hybridized carbons (Fsp3) is 0.500. The van der Waals surface area contributed by atoms with Crippen molar-refractivity contribution in [3.05, 3.63) is 47.8 Å². The van der Waals surface area contributed by atoms with E-state index in [1.165, 1.54) is 18.4 Å². The zero-order valence-corrected chi connectivity index (χ0v) is 12.8. The Morgan fingerprint density at radius 3 is 2.76 bits per heavy atom. The molecule has 0 saturated heterocycles. The highest BCUT2D eigenvalue weighted by Gasteiger charge is 2.19. The van der Waals surface area contributed by atoms with Crippen molar-refractivity contribution in [1.29, 1.82) is 0 Å². The van der Waals surface area contributed by atoms with Gasteiger partial charge in [-0.05, 0) is 31.5 Å². The van der Waals surface area contributed by atoms with E-state index in [-0.39, 0.29) is 0 Å². The van der Waals surface area contributed by atoms with E-state index in [1.807, 2.05) is 25.6 Å². The van der Waals surface area contributed by atoms with Crippen LogP contribution in [-0.4, -0.2) is 32.5 Å². The van der Waals surface area contributed by atoms with Crippen LogP contribution in [0.1, 0.15) is 29.9 Å². The van der Waals surface area contributed by atoms with E-state index in [9.17, 15) is 0 Å². The van der Waals surface area contributed by atoms with Gasteiger partial charge in [-0.3, -0.25) is 9.88 Å². The molecular weight excluding hydrogens is 262 g/mol. The number of nitrogens with one attached hydrogen (secondary N) is 1. The zero-order chi connectivity index (χ0) is 14.7. The molecule has 112 valence electrons. The first-order valence-electron chi connectivity index (χ1n) is 7.52. The quantitative estimate of drug-likeness (QED) is 0.841. The third-order valence-electron chi connectivity index (χ3n) is 3.82. The van der Waals surface area contributed by atoms with E-state index in [0.29, 0.717) is 0 Å². The monoisotopic (exact) mass is 285 g/mol. The first-order valence-corrected chi connectivity index (χ1v) is 7.52. The van der Waals surface area contributed by atoms with Crippen LogP contribution in [0.25, 0.3) is 0 Å². The molecule has 21 heavy (non-hydrogen) atoms. The third-order valence-corrected chi connectivity index (χ3v) is 3.82. The Kier molecular flexibility index (Phi) is 4.31. The van der Waals surface area contributed by atoms with Crippen LogP contribution < -0.4 is 5.32 Å². The molecule has 0 aliphatic heterocycles. The second kappa shape index (κ2) is 6.37. The van der Waals surface area contributed by atoms with E-state index in [1.54, 1.807) is 0 Å². The molecule has 2 heterocycles. The van der Waals surface area contributed by atoms with E-state index in [0.717, 1.165) is 37.2 Å². The fourth-order valence-electron chi connectivity index (χ4n) is 2.33. The van der Waals surface area contributed by atoms with Crippen LogP contribution in [0.4, 0.5) is 0 Å². The number of pyridine rings is 1. The van der Waals surface area contributed by atoms with Crippen LogP contribution in [-0.2, 0) is 26.7 Å². The Labute approximate surface area is 126 Å². The summed E-state index contributed by atoms with van der Waals surface area (Å²) in [6.07, 6.45) is 8.44. The van der Waals surface area contributed by atoms with Crippen molar-refractivity contribution in [3.63, 3.8) is 0 Å². The average Bonchev–Trinajstić information content (AvgIpc) is 3.22. The van der Waals surface area contributed by atoms with E-state index in [2.05, 4.69) is 43.9 Å². The highest BCUT2D eigenvalue weighted by atomic mass is 15.2. The summed E-state index contributed by atoms with van der Waals surface area (Å²) in [5.74, 6) is 1.07. The summed E-state index contributed by atoms with van der Waals surface area (Å²) in [5.41, 5.74) is 2.36. The molecule has 2 aromatic rings. The molecule has 2 aromatic heterocycles. The van der Waals surface area contributed by atoms with Crippen LogP contribution >= 0.6 is 0 Å². The van der Waals surface area contributed by atoms with Crippen LogP contribution in [0.3, 0.4) is 0 Å². The SMILES string of the molecule is CN(Cc1ccc(CNC2CC2)cn1)Cc1nccn1C. The molecule has 1 N–H and O–H groups in total. The predicted octanol–water partition coefficient (Wildman–Crippen LogP) is 1.70. The van der Waals surface area contributed by atoms with Gasteiger partial charge >= 0.3 is 0 Å². The zero-order valence-electron chi connectivity index (χ0n) is 12.8. The van der Waals surface area contributed by atoms with Crippen molar-refractivity contribution in [2.75, 3.05) is 7.05 Å². The minimum Gasteiger partial charge on any atom is -0.337 e. The summed E-state index contributed by atoms with van der Waals surface area (Å²) in [6.45, 7) is 2.60. The van der Waals surface area contributed by atoms with Gasteiger partial charge in [-0.1, -0.05) is 6.07 Å². The molecule has 1 fully saturated rings. The molecule has 5 heteroatoms. The molecule has 3 rings (SSSR count). The number of nitrogens with zero attached hydrogens (tertiary/aromatic N) is 4. The van der Waals surface area contributed by atoms with Crippen molar-refractivity contribution < 1.29 is 0 Å². The molecule has 1 aliphatic rings. The van der Waals surface area contributed by atoms with Crippen LogP contribution in [0.2, 0.25) is 0 Å². The Bertz CT molecular complexity index is 571. The molecule has 1 aliphatic carbocycles. The molecule has 0 unspecified atom stereocenters. The maximum Gasteiger partial charge on any atom is 0.122 e. The Hall–Kier alpha value is -1.72. The number of imidazole rings is 1. The van der Waals surface area contributed by atoms with E-state index < -0.39 is 0 Å². The minimum atomic E-state index is 0.744. The van der Waals surface area contributed by atoms with Gasteiger partial charge in [-0.2, -0.15) is 0 Å². The van der Waals surface area contributed by atoms with Crippen molar-refractivity contribution in [2.24, 2.45) is 7.05 Å². The minimum absolute atomic E-state index is 0.744. The number of hydrogen-bond acceptors (Lipinski definition) is 4. The van der Waals surface area contributed by atoms with Gasteiger partial charge in [0.25, 0.3) is 0 Å². The highest BCUT2D eigenvalue weighted by Crippen LogP contribution is 2.19. The fourth-order valence-corrected chi connectivity index (χ4v) is 2.33. The lowest BCUT2D eigenvalue weighted by atomic mass is 10.2. The highest BCUT2D eigenvalue weighted by molar-refractivity contribution is 5.14. The van der Waals surface area contributed by atoms with Gasteiger partial charge < -0.3 is 9.88 Å². The topological polar surface area (TPSA) is 46.0 Å². The molecule has 0 radical (unpaired) electrons. The molecular formula is C16H23N5. The standard InChI is InChI=1S/C16H23N5/c1-20(12-16-17-7-8-21(16)2)11-15-4-3-13(10-19-15)9-18-14-5-6-14/h3-4,7-8,10,14,18H,5-6,9,11-12H2,1-2H3. The van der Waals surface area contributed by atoms with Gasteiger partial charge in [-0.25, -0.2) is 4.98 Å². The van der Waals surface area contributed by atoms with Crippen molar-refractivity contribution >= 4 is 0 Å². The second-order valence-corrected chi connectivity index (χ2v) is 5.94. The predicted molar refractivity (Wildman–Crippen MR) is 82.5 cm³/mol. The molecule has 0 spiro atoms. The Morgan fingerprint density at radius 1 is 1.29 bits per heavy atom. The number of rotatable bonds is 7. The molecule has 5 nitrogen and oxygen atoms in total. The normalized spacial score (nSPS) is 14.8.